The van der Waals surface area contributed by atoms with Crippen molar-refractivity contribution < 1.29 is 9.53 Å². The summed E-state index contributed by atoms with van der Waals surface area (Å²) in [5.74, 6) is 1.34. The van der Waals surface area contributed by atoms with Crippen LogP contribution in [-0.2, 0) is 4.79 Å². The van der Waals surface area contributed by atoms with E-state index in [9.17, 15) is 4.79 Å². The number of benzene rings is 2. The number of rotatable bonds is 9. The summed E-state index contributed by atoms with van der Waals surface area (Å²) in [6.07, 6.45) is 0. The highest BCUT2D eigenvalue weighted by Gasteiger charge is 2.17. The summed E-state index contributed by atoms with van der Waals surface area (Å²) in [5, 5.41) is 16.1. The molecule has 0 atom stereocenters. The Kier molecular flexibility index (Phi) is 7.99. The number of thiophene rings is 1. The lowest BCUT2D eigenvalue weighted by molar-refractivity contribution is -0.118. The molecular weight excluding hydrogens is 490 g/mol. The Balaban J connectivity index is 1.56. The van der Waals surface area contributed by atoms with Gasteiger partial charge in [-0.1, -0.05) is 29.4 Å². The van der Waals surface area contributed by atoms with Gasteiger partial charge < -0.3 is 4.74 Å². The molecule has 34 heavy (non-hydrogen) atoms. The van der Waals surface area contributed by atoms with Gasteiger partial charge in [0.15, 0.2) is 11.0 Å². The summed E-state index contributed by atoms with van der Waals surface area (Å²) in [7, 11) is 0. The zero-order valence-electron chi connectivity index (χ0n) is 18.6. The normalized spacial score (nSPS) is 11.4. The Labute approximate surface area is 210 Å². The van der Waals surface area contributed by atoms with Crippen LogP contribution in [0.2, 0.25) is 5.02 Å². The smallest absolute Gasteiger partial charge is 0.250 e. The molecule has 0 bridgehead atoms. The Bertz CT molecular complexity index is 1270. The first-order chi connectivity index (χ1) is 16.5. The van der Waals surface area contributed by atoms with Gasteiger partial charge in [-0.25, -0.2) is 5.43 Å². The van der Waals surface area contributed by atoms with Gasteiger partial charge in [0, 0.05) is 21.2 Å². The highest BCUT2D eigenvalue weighted by molar-refractivity contribution is 7.99. The molecule has 10 heteroatoms. The van der Waals surface area contributed by atoms with Crippen LogP contribution >= 0.6 is 34.7 Å². The van der Waals surface area contributed by atoms with Crippen LogP contribution in [0, 0.1) is 0 Å². The van der Waals surface area contributed by atoms with Gasteiger partial charge in [-0.05, 0) is 73.8 Å². The fraction of sp³-hybridized carbons (Fsp3) is 0.167. The van der Waals surface area contributed by atoms with Crippen LogP contribution in [0.5, 0.6) is 5.75 Å². The van der Waals surface area contributed by atoms with E-state index in [-0.39, 0.29) is 11.7 Å². The van der Waals surface area contributed by atoms with E-state index in [1.54, 1.807) is 11.3 Å². The monoisotopic (exact) mass is 511 g/mol. The molecule has 0 aliphatic carbocycles. The predicted molar refractivity (Wildman–Crippen MR) is 138 cm³/mol. The molecule has 2 aromatic carbocycles. The van der Waals surface area contributed by atoms with Crippen LogP contribution in [0.15, 0.2) is 76.3 Å². The number of hydrogen-bond donors (Lipinski definition) is 1. The van der Waals surface area contributed by atoms with Gasteiger partial charge in [0.05, 0.1) is 18.1 Å². The Morgan fingerprint density at radius 1 is 1.15 bits per heavy atom. The third kappa shape index (κ3) is 5.85. The van der Waals surface area contributed by atoms with E-state index in [2.05, 4.69) is 20.7 Å². The summed E-state index contributed by atoms with van der Waals surface area (Å²) >= 11 is 8.92. The van der Waals surface area contributed by atoms with Crippen LogP contribution in [0.1, 0.15) is 18.7 Å². The standard InChI is InChI=1S/C24H22ClN5O2S2/c1-3-32-20-12-10-19(11-13-20)30-23(17-6-8-18(25)9-7-17)28-29-24(30)34-15-22(31)27-26-16(2)21-5-4-14-33-21/h4-14H,3,15H2,1-2H3,(H,27,31)/b26-16+. The summed E-state index contributed by atoms with van der Waals surface area (Å²) in [4.78, 5) is 13.5. The molecule has 0 saturated carbocycles. The molecule has 0 fully saturated rings. The quantitative estimate of drug-likeness (QED) is 0.177. The minimum absolute atomic E-state index is 0.136. The maximum Gasteiger partial charge on any atom is 0.250 e. The molecule has 0 saturated heterocycles. The molecule has 0 spiro atoms. The third-order valence-corrected chi connectivity index (χ3v) is 6.86. The number of nitrogens with one attached hydrogen (secondary N) is 1. The first-order valence-corrected chi connectivity index (χ1v) is 12.7. The van der Waals surface area contributed by atoms with E-state index in [0.29, 0.717) is 22.6 Å². The topological polar surface area (TPSA) is 81.4 Å². The van der Waals surface area contributed by atoms with Crippen molar-refractivity contribution in [2.45, 2.75) is 19.0 Å². The maximum absolute atomic E-state index is 12.4. The van der Waals surface area contributed by atoms with E-state index in [4.69, 9.17) is 16.3 Å². The van der Waals surface area contributed by atoms with Crippen molar-refractivity contribution in [3.63, 3.8) is 0 Å². The van der Waals surface area contributed by atoms with Crippen molar-refractivity contribution in [1.29, 1.82) is 0 Å². The first-order valence-electron chi connectivity index (χ1n) is 10.5. The van der Waals surface area contributed by atoms with Crippen LogP contribution in [0.4, 0.5) is 0 Å². The van der Waals surface area contributed by atoms with Gasteiger partial charge >= 0.3 is 0 Å². The third-order valence-electron chi connectivity index (χ3n) is 4.70. The molecule has 174 valence electrons. The van der Waals surface area contributed by atoms with E-state index in [1.165, 1.54) is 11.8 Å². The van der Waals surface area contributed by atoms with Crippen LogP contribution < -0.4 is 10.2 Å². The molecule has 1 N–H and O–H groups in total. The highest BCUT2D eigenvalue weighted by atomic mass is 35.5. The van der Waals surface area contributed by atoms with E-state index in [0.717, 1.165) is 27.6 Å². The Morgan fingerprint density at radius 2 is 1.91 bits per heavy atom. The van der Waals surface area contributed by atoms with Gasteiger partial charge in [-0.15, -0.1) is 21.5 Å². The fourth-order valence-corrected chi connectivity index (χ4v) is 4.64. The van der Waals surface area contributed by atoms with Crippen molar-refractivity contribution in [3.05, 3.63) is 75.9 Å². The van der Waals surface area contributed by atoms with Crippen LogP contribution in [0.3, 0.4) is 0 Å². The zero-order chi connectivity index (χ0) is 23.9. The van der Waals surface area contributed by atoms with Crippen molar-refractivity contribution in [2.24, 2.45) is 5.10 Å². The molecule has 0 radical (unpaired) electrons. The number of carbonyl (C=O) groups is 1. The van der Waals surface area contributed by atoms with Gasteiger partial charge in [0.25, 0.3) is 5.91 Å². The number of hydrogen-bond acceptors (Lipinski definition) is 7. The molecule has 2 heterocycles. The van der Waals surface area contributed by atoms with Crippen molar-refractivity contribution >= 4 is 46.3 Å². The predicted octanol–water partition coefficient (Wildman–Crippen LogP) is 5.68. The largest absolute Gasteiger partial charge is 0.494 e. The summed E-state index contributed by atoms with van der Waals surface area (Å²) in [6.45, 7) is 4.39. The van der Waals surface area contributed by atoms with Crippen molar-refractivity contribution in [2.75, 3.05) is 12.4 Å². The summed E-state index contributed by atoms with van der Waals surface area (Å²) in [6, 6.07) is 19.0. The van der Waals surface area contributed by atoms with Gasteiger partial charge in [0.2, 0.25) is 0 Å². The van der Waals surface area contributed by atoms with Gasteiger partial charge in [-0.2, -0.15) is 5.10 Å². The molecule has 0 aliphatic heterocycles. The lowest BCUT2D eigenvalue weighted by Gasteiger charge is -2.11. The van der Waals surface area contributed by atoms with E-state index >= 15 is 0 Å². The minimum Gasteiger partial charge on any atom is -0.494 e. The van der Waals surface area contributed by atoms with Crippen LogP contribution in [0.25, 0.3) is 17.1 Å². The Morgan fingerprint density at radius 3 is 2.59 bits per heavy atom. The lowest BCUT2D eigenvalue weighted by atomic mass is 10.2. The highest BCUT2D eigenvalue weighted by Crippen LogP contribution is 2.29. The molecule has 4 aromatic rings. The number of carbonyl (C=O) groups excluding carboxylic acids is 1. The Hall–Kier alpha value is -3.14. The van der Waals surface area contributed by atoms with E-state index < -0.39 is 0 Å². The number of nitrogens with zero attached hydrogens (tertiary/aromatic N) is 4. The molecular formula is C24H22ClN5O2S2. The second kappa shape index (κ2) is 11.3. The molecule has 4 rings (SSSR count). The van der Waals surface area contributed by atoms with Crippen molar-refractivity contribution in [3.8, 4) is 22.8 Å². The van der Waals surface area contributed by atoms with Gasteiger partial charge in [0.1, 0.15) is 5.75 Å². The van der Waals surface area contributed by atoms with E-state index in [1.807, 2.05) is 84.5 Å². The zero-order valence-corrected chi connectivity index (χ0v) is 21.0. The lowest BCUT2D eigenvalue weighted by Crippen LogP contribution is -2.21. The molecule has 0 unspecified atom stereocenters. The summed E-state index contributed by atoms with van der Waals surface area (Å²) in [5.41, 5.74) is 5.09. The number of aromatic nitrogens is 3. The number of amides is 1. The SMILES string of the molecule is CCOc1ccc(-n2c(SCC(=O)N/N=C(\C)c3cccs3)nnc2-c2ccc(Cl)cc2)cc1. The molecule has 1 amide bonds. The number of hydrazone groups is 1. The number of halogens is 1. The first kappa shape index (κ1) is 24.0. The van der Waals surface area contributed by atoms with Gasteiger partial charge in [-0.3, -0.25) is 9.36 Å². The van der Waals surface area contributed by atoms with Crippen molar-refractivity contribution in [1.82, 2.24) is 20.2 Å². The molecule has 2 aromatic heterocycles. The minimum atomic E-state index is -0.227. The number of thioether (sulfide) groups is 1. The summed E-state index contributed by atoms with van der Waals surface area (Å²) < 4.78 is 7.48. The average molecular weight is 512 g/mol. The maximum atomic E-state index is 12.4. The second-order valence-electron chi connectivity index (χ2n) is 7.07. The number of ether oxygens (including phenoxy) is 1. The van der Waals surface area contributed by atoms with Crippen LogP contribution in [-0.4, -0.2) is 38.7 Å². The fourth-order valence-electron chi connectivity index (χ4n) is 3.09. The average Bonchev–Trinajstić information content (AvgIpc) is 3.53. The molecule has 7 nitrogen and oxygen atoms in total. The second-order valence-corrected chi connectivity index (χ2v) is 9.40. The molecule has 0 aliphatic rings.